The fraction of sp³-hybridized carbons (Fsp3) is 0.778. The number of nitrogens with zero attached hydrogens (tertiary/aromatic N) is 1. The molecule has 16 heavy (non-hydrogen) atoms. The molecule has 2 fully saturated rings. The average Bonchev–Trinajstić information content (AvgIpc) is 2.59. The highest BCUT2D eigenvalue weighted by molar-refractivity contribution is 5.80. The lowest BCUT2D eigenvalue weighted by atomic mass is 10.1. The van der Waals surface area contributed by atoms with Gasteiger partial charge in [0.1, 0.15) is 6.04 Å². The second-order valence-corrected chi connectivity index (χ2v) is 3.93. The monoisotopic (exact) mass is 231 g/mol. The van der Waals surface area contributed by atoms with Crippen molar-refractivity contribution in [3.8, 4) is 0 Å². The molecule has 0 unspecified atom stereocenters. The van der Waals surface area contributed by atoms with Crippen molar-refractivity contribution in [2.75, 3.05) is 19.8 Å². The maximum atomic E-state index is 10.9. The number of hydrogen-bond donors (Lipinski definition) is 2. The van der Waals surface area contributed by atoms with E-state index in [2.05, 4.69) is 0 Å². The number of hydrogen-bond acceptors (Lipinski definition) is 4. The number of rotatable bonds is 1. The van der Waals surface area contributed by atoms with Gasteiger partial charge >= 0.3 is 12.1 Å². The van der Waals surface area contributed by atoms with Gasteiger partial charge in [0, 0.05) is 6.42 Å². The summed E-state index contributed by atoms with van der Waals surface area (Å²) in [5.41, 5.74) is 0. The van der Waals surface area contributed by atoms with Gasteiger partial charge in [-0.25, -0.2) is 9.59 Å². The fourth-order valence-electron chi connectivity index (χ4n) is 2.09. The summed E-state index contributed by atoms with van der Waals surface area (Å²) in [4.78, 5) is 22.7. The van der Waals surface area contributed by atoms with E-state index in [1.807, 2.05) is 0 Å². The van der Waals surface area contributed by atoms with E-state index < -0.39 is 23.9 Å². The Hall–Kier alpha value is -1.34. The maximum Gasteiger partial charge on any atom is 0.408 e. The van der Waals surface area contributed by atoms with Crippen molar-refractivity contribution in [3.05, 3.63) is 0 Å². The minimum atomic E-state index is -1.26. The summed E-state index contributed by atoms with van der Waals surface area (Å²) in [5.74, 6) is -2.23. The molecule has 2 aliphatic heterocycles. The van der Waals surface area contributed by atoms with E-state index in [0.717, 1.165) is 11.3 Å². The van der Waals surface area contributed by atoms with Gasteiger partial charge in [-0.15, -0.1) is 0 Å². The van der Waals surface area contributed by atoms with E-state index >= 15 is 0 Å². The Morgan fingerprint density at radius 2 is 1.88 bits per heavy atom. The molecule has 2 aliphatic rings. The molecule has 7 heteroatoms. The molecular formula is C9H13NO6. The molecule has 2 saturated heterocycles. The van der Waals surface area contributed by atoms with E-state index in [4.69, 9.17) is 19.7 Å². The normalized spacial score (nSPS) is 28.2. The van der Waals surface area contributed by atoms with Crippen LogP contribution >= 0.6 is 0 Å². The number of amides is 1. The first-order valence-corrected chi connectivity index (χ1v) is 5.04. The van der Waals surface area contributed by atoms with Crippen molar-refractivity contribution in [3.63, 3.8) is 0 Å². The van der Waals surface area contributed by atoms with Crippen molar-refractivity contribution >= 4 is 12.1 Å². The average molecular weight is 231 g/mol. The van der Waals surface area contributed by atoms with Gasteiger partial charge in [0.05, 0.1) is 19.8 Å². The second kappa shape index (κ2) is 3.91. The number of ether oxygens (including phenoxy) is 2. The van der Waals surface area contributed by atoms with Gasteiger partial charge in [-0.1, -0.05) is 0 Å². The lowest BCUT2D eigenvalue weighted by Crippen LogP contribution is -2.44. The van der Waals surface area contributed by atoms with Crippen LogP contribution in [0.25, 0.3) is 0 Å². The third-order valence-corrected chi connectivity index (χ3v) is 2.84. The van der Waals surface area contributed by atoms with Crippen molar-refractivity contribution < 1.29 is 29.3 Å². The Morgan fingerprint density at radius 1 is 1.25 bits per heavy atom. The quantitative estimate of drug-likeness (QED) is 0.657. The molecule has 0 aromatic rings. The molecule has 7 nitrogen and oxygen atoms in total. The van der Waals surface area contributed by atoms with Gasteiger partial charge in [-0.2, -0.15) is 0 Å². The molecule has 2 rings (SSSR count). The number of carbonyl (C=O) groups is 2. The molecule has 0 saturated carbocycles. The zero-order valence-corrected chi connectivity index (χ0v) is 8.59. The molecule has 0 radical (unpaired) electrons. The van der Waals surface area contributed by atoms with Crippen LogP contribution in [-0.2, 0) is 14.3 Å². The highest BCUT2D eigenvalue weighted by Gasteiger charge is 2.51. The van der Waals surface area contributed by atoms with Crippen LogP contribution < -0.4 is 0 Å². The molecule has 2 heterocycles. The van der Waals surface area contributed by atoms with Crippen molar-refractivity contribution in [2.24, 2.45) is 0 Å². The third kappa shape index (κ3) is 1.83. The summed E-state index contributed by atoms with van der Waals surface area (Å²) in [6.07, 6.45) is -0.469. The lowest BCUT2D eigenvalue weighted by molar-refractivity contribution is -0.257. The smallest absolute Gasteiger partial charge is 0.408 e. The number of carboxylic acids is 1. The molecule has 0 bridgehead atoms. The van der Waals surface area contributed by atoms with Gasteiger partial charge in [-0.05, 0) is 6.42 Å². The highest BCUT2D eigenvalue weighted by atomic mass is 16.7. The molecule has 0 aromatic heterocycles. The second-order valence-electron chi connectivity index (χ2n) is 3.93. The third-order valence-electron chi connectivity index (χ3n) is 2.84. The SMILES string of the molecule is O=C(O)[C@@H]1CC2(CN1C(=O)O)OCCCO2. The van der Waals surface area contributed by atoms with Crippen LogP contribution in [0.5, 0.6) is 0 Å². The van der Waals surface area contributed by atoms with E-state index in [1.165, 1.54) is 0 Å². The van der Waals surface area contributed by atoms with E-state index in [0.29, 0.717) is 13.2 Å². The minimum Gasteiger partial charge on any atom is -0.480 e. The fourth-order valence-corrected chi connectivity index (χ4v) is 2.09. The molecule has 0 aromatic carbocycles. The van der Waals surface area contributed by atoms with Crippen molar-refractivity contribution in [2.45, 2.75) is 24.7 Å². The molecule has 90 valence electrons. The lowest BCUT2D eigenvalue weighted by Gasteiger charge is -2.33. The predicted molar refractivity (Wildman–Crippen MR) is 50.0 cm³/mol. The Kier molecular flexibility index (Phi) is 2.73. The standard InChI is InChI=1S/C9H13NO6/c11-7(12)6-4-9(5-10(6)8(13)14)15-2-1-3-16-9/h6H,1-5H2,(H,11,12)(H,13,14)/t6-/m0/s1. The van der Waals surface area contributed by atoms with Crippen LogP contribution in [0.4, 0.5) is 4.79 Å². The summed E-state index contributed by atoms with van der Waals surface area (Å²) in [6.45, 7) is 0.902. The molecule has 0 aliphatic carbocycles. The zero-order chi connectivity index (χ0) is 11.8. The molecular weight excluding hydrogens is 218 g/mol. The highest BCUT2D eigenvalue weighted by Crippen LogP contribution is 2.34. The van der Waals surface area contributed by atoms with Crippen LogP contribution in [-0.4, -0.2) is 58.8 Å². The maximum absolute atomic E-state index is 10.9. The van der Waals surface area contributed by atoms with Gasteiger partial charge < -0.3 is 19.7 Å². The van der Waals surface area contributed by atoms with Crippen LogP contribution in [0.15, 0.2) is 0 Å². The summed E-state index contributed by atoms with van der Waals surface area (Å²) < 4.78 is 10.8. The number of carboxylic acid groups (broad SMARTS) is 2. The summed E-state index contributed by atoms with van der Waals surface area (Å²) in [7, 11) is 0. The topological polar surface area (TPSA) is 96.3 Å². The molecule has 1 atom stereocenters. The summed E-state index contributed by atoms with van der Waals surface area (Å²) >= 11 is 0. The zero-order valence-electron chi connectivity index (χ0n) is 8.59. The van der Waals surface area contributed by atoms with Crippen LogP contribution in [0.1, 0.15) is 12.8 Å². The Balaban J connectivity index is 2.16. The van der Waals surface area contributed by atoms with E-state index in [9.17, 15) is 9.59 Å². The first kappa shape index (κ1) is 11.2. The first-order valence-electron chi connectivity index (χ1n) is 5.04. The van der Waals surface area contributed by atoms with Gasteiger partial charge in [0.2, 0.25) is 0 Å². The Morgan fingerprint density at radius 3 is 2.31 bits per heavy atom. The van der Waals surface area contributed by atoms with Crippen molar-refractivity contribution in [1.82, 2.24) is 4.90 Å². The number of aliphatic carboxylic acids is 1. The number of likely N-dealkylation sites (tertiary alicyclic amines) is 1. The molecule has 1 spiro atoms. The van der Waals surface area contributed by atoms with Gasteiger partial charge in [0.15, 0.2) is 5.79 Å². The summed E-state index contributed by atoms with van der Waals surface area (Å²) in [5, 5.41) is 17.8. The van der Waals surface area contributed by atoms with Gasteiger partial charge in [-0.3, -0.25) is 4.90 Å². The van der Waals surface area contributed by atoms with Gasteiger partial charge in [0.25, 0.3) is 0 Å². The minimum absolute atomic E-state index is 0.0424. The van der Waals surface area contributed by atoms with Crippen LogP contribution in [0, 0.1) is 0 Å². The predicted octanol–water partition coefficient (Wildman–Crippen LogP) is -0.0435. The Labute approximate surface area is 91.5 Å². The van der Waals surface area contributed by atoms with Crippen molar-refractivity contribution in [1.29, 1.82) is 0 Å². The van der Waals surface area contributed by atoms with E-state index in [1.54, 1.807) is 0 Å². The first-order chi connectivity index (χ1) is 7.54. The van der Waals surface area contributed by atoms with E-state index in [-0.39, 0.29) is 13.0 Å². The van der Waals surface area contributed by atoms with Crippen LogP contribution in [0.2, 0.25) is 0 Å². The largest absolute Gasteiger partial charge is 0.480 e. The molecule has 1 amide bonds. The van der Waals surface area contributed by atoms with Crippen LogP contribution in [0.3, 0.4) is 0 Å². The molecule has 2 N–H and O–H groups in total. The Bertz CT molecular complexity index is 287. The summed E-state index contributed by atoms with van der Waals surface area (Å²) in [6, 6.07) is -1.09.